The number of benzene rings is 2. The Morgan fingerprint density at radius 2 is 1.84 bits per heavy atom. The maximum atomic E-state index is 13.0. The molecule has 0 aliphatic carbocycles. The van der Waals surface area contributed by atoms with Crippen LogP contribution < -0.4 is 10.0 Å². The van der Waals surface area contributed by atoms with Gasteiger partial charge in [0.15, 0.2) is 6.61 Å². The third kappa shape index (κ3) is 5.92. The molecule has 31 heavy (non-hydrogen) atoms. The van der Waals surface area contributed by atoms with Gasteiger partial charge in [0.25, 0.3) is 15.9 Å². The number of esters is 1. The molecular formula is C21H19FN2O6S. The maximum absolute atomic E-state index is 13.0. The zero-order valence-corrected chi connectivity index (χ0v) is 17.2. The predicted octanol–water partition coefficient (Wildman–Crippen LogP) is 3.00. The van der Waals surface area contributed by atoms with Crippen molar-refractivity contribution in [2.45, 2.75) is 18.4 Å². The summed E-state index contributed by atoms with van der Waals surface area (Å²) in [5, 5.41) is 2.53. The first kappa shape index (κ1) is 22.0. The number of nitrogens with one attached hydrogen (secondary N) is 2. The number of rotatable bonds is 8. The highest BCUT2D eigenvalue weighted by Crippen LogP contribution is 2.20. The number of hydrogen-bond donors (Lipinski definition) is 2. The number of anilines is 1. The number of halogens is 1. The molecule has 0 spiro atoms. The average molecular weight is 446 g/mol. The molecule has 1 amide bonds. The summed E-state index contributed by atoms with van der Waals surface area (Å²) in [6, 6.07) is 12.1. The highest BCUT2D eigenvalue weighted by atomic mass is 32.2. The molecule has 0 unspecified atom stereocenters. The van der Waals surface area contributed by atoms with Gasteiger partial charge in [-0.15, -0.1) is 0 Å². The SMILES string of the molecule is Cc1ccc(S(=O)(=O)Nc2ccc(F)cc2)cc1C(=O)OCC(=O)NCc1ccco1. The van der Waals surface area contributed by atoms with E-state index < -0.39 is 34.3 Å². The summed E-state index contributed by atoms with van der Waals surface area (Å²) in [5.41, 5.74) is 0.641. The summed E-state index contributed by atoms with van der Waals surface area (Å²) in [7, 11) is -4.03. The van der Waals surface area contributed by atoms with E-state index in [1.54, 1.807) is 19.1 Å². The number of amides is 1. The molecule has 0 radical (unpaired) electrons. The highest BCUT2D eigenvalue weighted by Gasteiger charge is 2.20. The van der Waals surface area contributed by atoms with E-state index in [1.165, 1.54) is 30.5 Å². The minimum Gasteiger partial charge on any atom is -0.467 e. The Balaban J connectivity index is 1.65. The zero-order chi connectivity index (χ0) is 22.4. The normalized spacial score (nSPS) is 11.0. The van der Waals surface area contributed by atoms with Gasteiger partial charge < -0.3 is 14.5 Å². The zero-order valence-electron chi connectivity index (χ0n) is 16.4. The van der Waals surface area contributed by atoms with E-state index >= 15 is 0 Å². The third-order valence-corrected chi connectivity index (χ3v) is 5.59. The first-order valence-corrected chi connectivity index (χ1v) is 10.6. The Morgan fingerprint density at radius 3 is 2.52 bits per heavy atom. The molecule has 2 aromatic carbocycles. The van der Waals surface area contributed by atoms with E-state index in [2.05, 4.69) is 10.0 Å². The van der Waals surface area contributed by atoms with Gasteiger partial charge in [-0.05, 0) is 61.0 Å². The number of carbonyl (C=O) groups is 2. The van der Waals surface area contributed by atoms with Crippen LogP contribution in [0.3, 0.4) is 0 Å². The minimum absolute atomic E-state index is 0.000755. The second-order valence-electron chi connectivity index (χ2n) is 6.52. The Kier molecular flexibility index (Phi) is 6.71. The fourth-order valence-corrected chi connectivity index (χ4v) is 3.66. The first-order valence-electron chi connectivity index (χ1n) is 9.10. The maximum Gasteiger partial charge on any atom is 0.338 e. The van der Waals surface area contributed by atoms with Gasteiger partial charge in [-0.3, -0.25) is 9.52 Å². The lowest BCUT2D eigenvalue weighted by molar-refractivity contribution is -0.124. The molecule has 1 heterocycles. The van der Waals surface area contributed by atoms with Crippen molar-refractivity contribution in [2.75, 3.05) is 11.3 Å². The van der Waals surface area contributed by atoms with E-state index in [1.807, 2.05) is 0 Å². The van der Waals surface area contributed by atoms with Crippen molar-refractivity contribution in [2.24, 2.45) is 0 Å². The molecule has 0 aliphatic rings. The molecule has 0 saturated heterocycles. The summed E-state index contributed by atoms with van der Waals surface area (Å²) in [4.78, 5) is 24.1. The average Bonchev–Trinajstić information content (AvgIpc) is 3.26. The predicted molar refractivity (Wildman–Crippen MR) is 109 cm³/mol. The Labute approximate surface area is 178 Å². The molecule has 3 rings (SSSR count). The van der Waals surface area contributed by atoms with Gasteiger partial charge >= 0.3 is 5.97 Å². The smallest absolute Gasteiger partial charge is 0.338 e. The third-order valence-electron chi connectivity index (χ3n) is 4.21. The van der Waals surface area contributed by atoms with Gasteiger partial charge in [0.05, 0.1) is 23.3 Å². The van der Waals surface area contributed by atoms with Crippen molar-refractivity contribution in [3.05, 3.63) is 83.6 Å². The van der Waals surface area contributed by atoms with Crippen LogP contribution in [0.4, 0.5) is 10.1 Å². The molecule has 10 heteroatoms. The van der Waals surface area contributed by atoms with Crippen molar-refractivity contribution >= 4 is 27.6 Å². The molecule has 0 bridgehead atoms. The topological polar surface area (TPSA) is 115 Å². The highest BCUT2D eigenvalue weighted by molar-refractivity contribution is 7.92. The lowest BCUT2D eigenvalue weighted by atomic mass is 10.1. The van der Waals surface area contributed by atoms with Crippen LogP contribution in [0.1, 0.15) is 21.7 Å². The van der Waals surface area contributed by atoms with Crippen LogP contribution in [-0.2, 0) is 26.1 Å². The van der Waals surface area contributed by atoms with Crippen LogP contribution >= 0.6 is 0 Å². The number of carbonyl (C=O) groups excluding carboxylic acids is 2. The van der Waals surface area contributed by atoms with Crippen LogP contribution in [0.2, 0.25) is 0 Å². The van der Waals surface area contributed by atoms with E-state index in [0.29, 0.717) is 11.3 Å². The number of aryl methyl sites for hydroxylation is 1. The molecule has 0 aliphatic heterocycles. The van der Waals surface area contributed by atoms with Gasteiger partial charge in [-0.1, -0.05) is 6.07 Å². The fraction of sp³-hybridized carbons (Fsp3) is 0.143. The van der Waals surface area contributed by atoms with Crippen LogP contribution in [-0.4, -0.2) is 26.9 Å². The molecule has 8 nitrogen and oxygen atoms in total. The lowest BCUT2D eigenvalue weighted by Crippen LogP contribution is -2.28. The Morgan fingerprint density at radius 1 is 1.10 bits per heavy atom. The van der Waals surface area contributed by atoms with Crippen molar-refractivity contribution in [3.63, 3.8) is 0 Å². The Bertz CT molecular complexity index is 1180. The number of hydrogen-bond acceptors (Lipinski definition) is 6. The van der Waals surface area contributed by atoms with Gasteiger partial charge in [-0.2, -0.15) is 0 Å². The van der Waals surface area contributed by atoms with E-state index in [9.17, 15) is 22.4 Å². The van der Waals surface area contributed by atoms with Gasteiger partial charge in [0.1, 0.15) is 11.6 Å². The van der Waals surface area contributed by atoms with Crippen molar-refractivity contribution < 1.29 is 31.6 Å². The molecule has 162 valence electrons. The van der Waals surface area contributed by atoms with Crippen LogP contribution in [0, 0.1) is 12.7 Å². The summed E-state index contributed by atoms with van der Waals surface area (Å²) in [5.74, 6) is -1.34. The summed E-state index contributed by atoms with van der Waals surface area (Å²) in [6.45, 7) is 1.21. The largest absolute Gasteiger partial charge is 0.467 e. The fourth-order valence-electron chi connectivity index (χ4n) is 2.58. The standard InChI is InChI=1S/C21H19FN2O6S/c1-14-4-9-18(31(27,28)24-16-7-5-15(22)6-8-16)11-19(14)21(26)30-13-20(25)23-12-17-3-2-10-29-17/h2-11,24H,12-13H2,1H3,(H,23,25). The van der Waals surface area contributed by atoms with Crippen molar-refractivity contribution in [1.82, 2.24) is 5.32 Å². The van der Waals surface area contributed by atoms with E-state index in [4.69, 9.17) is 9.15 Å². The van der Waals surface area contributed by atoms with Gasteiger partial charge in [-0.25, -0.2) is 17.6 Å². The number of ether oxygens (including phenoxy) is 1. The molecule has 0 fully saturated rings. The van der Waals surface area contributed by atoms with E-state index in [-0.39, 0.29) is 22.7 Å². The molecule has 0 atom stereocenters. The molecular weight excluding hydrogens is 427 g/mol. The molecule has 2 N–H and O–H groups in total. The van der Waals surface area contributed by atoms with Gasteiger partial charge in [0, 0.05) is 5.69 Å². The van der Waals surface area contributed by atoms with Crippen LogP contribution in [0.5, 0.6) is 0 Å². The summed E-state index contributed by atoms with van der Waals surface area (Å²) >= 11 is 0. The molecule has 0 saturated carbocycles. The number of furan rings is 1. The Hall–Kier alpha value is -3.66. The first-order chi connectivity index (χ1) is 14.7. The number of sulfonamides is 1. The van der Waals surface area contributed by atoms with Crippen LogP contribution in [0.15, 0.2) is 70.2 Å². The second-order valence-corrected chi connectivity index (χ2v) is 8.20. The minimum atomic E-state index is -4.03. The molecule has 1 aromatic heterocycles. The lowest BCUT2D eigenvalue weighted by Gasteiger charge is -2.11. The summed E-state index contributed by atoms with van der Waals surface area (Å²) < 4.78 is 50.6. The summed E-state index contributed by atoms with van der Waals surface area (Å²) in [6.07, 6.45) is 1.47. The van der Waals surface area contributed by atoms with Crippen LogP contribution in [0.25, 0.3) is 0 Å². The van der Waals surface area contributed by atoms with E-state index in [0.717, 1.165) is 18.2 Å². The van der Waals surface area contributed by atoms with Gasteiger partial charge in [0.2, 0.25) is 0 Å². The quantitative estimate of drug-likeness (QED) is 0.514. The molecule has 3 aromatic rings. The van der Waals surface area contributed by atoms with Crippen molar-refractivity contribution in [3.8, 4) is 0 Å². The second kappa shape index (κ2) is 9.43. The van der Waals surface area contributed by atoms with Crippen molar-refractivity contribution in [1.29, 1.82) is 0 Å². The monoisotopic (exact) mass is 446 g/mol.